The molecule has 4 nitrogen and oxygen atoms in total. The number of rotatable bonds is 3. The molecule has 25 heavy (non-hydrogen) atoms. The van der Waals surface area contributed by atoms with Crippen LogP contribution < -0.4 is 5.43 Å². The Labute approximate surface area is 141 Å². The Kier molecular flexibility index (Phi) is 4.19. The Morgan fingerprint density at radius 3 is 2.08 bits per heavy atom. The van der Waals surface area contributed by atoms with Gasteiger partial charge in [0.15, 0.2) is 5.43 Å². The summed E-state index contributed by atoms with van der Waals surface area (Å²) in [6.07, 6.45) is 0. The summed E-state index contributed by atoms with van der Waals surface area (Å²) in [7, 11) is 1.55. The number of hydrogen-bond donors (Lipinski definition) is 1. The van der Waals surface area contributed by atoms with Crippen molar-refractivity contribution in [1.82, 2.24) is 4.57 Å². The van der Waals surface area contributed by atoms with E-state index in [-0.39, 0.29) is 11.3 Å². The fourth-order valence-corrected chi connectivity index (χ4v) is 2.80. The molecule has 0 amide bonds. The zero-order valence-corrected chi connectivity index (χ0v) is 13.2. The molecule has 0 bridgehead atoms. The van der Waals surface area contributed by atoms with Crippen LogP contribution in [0.25, 0.3) is 22.5 Å². The second kappa shape index (κ2) is 6.32. The molecule has 0 aliphatic heterocycles. The fraction of sp³-hybridized carbons (Fsp3) is 0.0526. The van der Waals surface area contributed by atoms with Gasteiger partial charge in [-0.2, -0.15) is 0 Å². The Morgan fingerprint density at radius 2 is 1.52 bits per heavy atom. The average molecular weight is 341 g/mol. The molecule has 0 saturated carbocycles. The first kappa shape index (κ1) is 16.6. The van der Waals surface area contributed by atoms with E-state index in [4.69, 9.17) is 0 Å². The van der Waals surface area contributed by atoms with E-state index in [2.05, 4.69) is 0 Å². The summed E-state index contributed by atoms with van der Waals surface area (Å²) < 4.78 is 28.6. The van der Waals surface area contributed by atoms with Crippen molar-refractivity contribution >= 4 is 5.97 Å². The molecule has 0 saturated heterocycles. The summed E-state index contributed by atoms with van der Waals surface area (Å²) >= 11 is 0. The standard InChI is InChI=1S/C19H13F2NO3/c1-22-15(11-4-2-6-13(20)8-11)10-16(23)17(19(24)25)18(22)12-5-3-7-14(21)9-12/h2-10H,1H3,(H,24,25). The van der Waals surface area contributed by atoms with Gasteiger partial charge in [-0.05, 0) is 24.3 Å². The Balaban J connectivity index is 2.39. The predicted molar refractivity (Wildman–Crippen MR) is 89.4 cm³/mol. The van der Waals surface area contributed by atoms with Gasteiger partial charge in [-0.25, -0.2) is 13.6 Å². The molecule has 1 aromatic heterocycles. The molecule has 6 heteroatoms. The van der Waals surface area contributed by atoms with Crippen molar-refractivity contribution in [3.8, 4) is 22.5 Å². The third-order valence-electron chi connectivity index (χ3n) is 3.88. The monoisotopic (exact) mass is 341 g/mol. The molecule has 0 unspecified atom stereocenters. The van der Waals surface area contributed by atoms with Crippen molar-refractivity contribution in [2.24, 2.45) is 7.05 Å². The lowest BCUT2D eigenvalue weighted by Crippen LogP contribution is -2.21. The number of aromatic carboxylic acids is 1. The van der Waals surface area contributed by atoms with E-state index in [1.807, 2.05) is 0 Å². The first-order valence-electron chi connectivity index (χ1n) is 7.37. The van der Waals surface area contributed by atoms with Gasteiger partial charge in [0.1, 0.15) is 17.2 Å². The number of nitrogens with zero attached hydrogens (tertiary/aromatic N) is 1. The minimum Gasteiger partial charge on any atom is -0.477 e. The molecular weight excluding hydrogens is 328 g/mol. The molecule has 0 atom stereocenters. The highest BCUT2D eigenvalue weighted by Gasteiger charge is 2.21. The lowest BCUT2D eigenvalue weighted by Gasteiger charge is -2.17. The number of carboxylic acids is 1. The van der Waals surface area contributed by atoms with Crippen LogP contribution in [-0.2, 0) is 7.05 Å². The molecule has 0 aliphatic rings. The summed E-state index contributed by atoms with van der Waals surface area (Å²) in [6.45, 7) is 0. The average Bonchev–Trinajstić information content (AvgIpc) is 2.55. The van der Waals surface area contributed by atoms with E-state index in [0.29, 0.717) is 11.3 Å². The van der Waals surface area contributed by atoms with E-state index >= 15 is 0 Å². The summed E-state index contributed by atoms with van der Waals surface area (Å²) in [5, 5.41) is 9.44. The number of benzene rings is 2. The molecule has 126 valence electrons. The third kappa shape index (κ3) is 3.06. The number of pyridine rings is 1. The Morgan fingerprint density at radius 1 is 0.960 bits per heavy atom. The largest absolute Gasteiger partial charge is 0.477 e. The van der Waals surface area contributed by atoms with Gasteiger partial charge in [0, 0.05) is 24.2 Å². The summed E-state index contributed by atoms with van der Waals surface area (Å²) in [6, 6.07) is 12.0. The SMILES string of the molecule is Cn1c(-c2cccc(F)c2)cc(=O)c(C(=O)O)c1-c1cccc(F)c1. The molecule has 0 radical (unpaired) electrons. The van der Waals surface area contributed by atoms with Crippen molar-refractivity contribution in [1.29, 1.82) is 0 Å². The van der Waals surface area contributed by atoms with Gasteiger partial charge in [0.2, 0.25) is 0 Å². The van der Waals surface area contributed by atoms with Gasteiger partial charge in [0.05, 0.1) is 11.4 Å². The van der Waals surface area contributed by atoms with Crippen molar-refractivity contribution in [2.75, 3.05) is 0 Å². The lowest BCUT2D eigenvalue weighted by molar-refractivity contribution is 0.0695. The number of hydrogen-bond acceptors (Lipinski definition) is 2. The maximum Gasteiger partial charge on any atom is 0.341 e. The van der Waals surface area contributed by atoms with Crippen LogP contribution in [0.3, 0.4) is 0 Å². The highest BCUT2D eigenvalue weighted by Crippen LogP contribution is 2.28. The summed E-state index contributed by atoms with van der Waals surface area (Å²) in [4.78, 5) is 24.0. The van der Waals surface area contributed by atoms with E-state index in [1.54, 1.807) is 13.1 Å². The van der Waals surface area contributed by atoms with Crippen LogP contribution in [0, 0.1) is 11.6 Å². The van der Waals surface area contributed by atoms with Gasteiger partial charge in [-0.15, -0.1) is 0 Å². The summed E-state index contributed by atoms with van der Waals surface area (Å²) in [5.41, 5.74) is -0.158. The number of aromatic nitrogens is 1. The van der Waals surface area contributed by atoms with E-state index < -0.39 is 28.6 Å². The minimum absolute atomic E-state index is 0.0544. The van der Waals surface area contributed by atoms with Crippen LogP contribution in [0.4, 0.5) is 8.78 Å². The van der Waals surface area contributed by atoms with Crippen molar-refractivity contribution in [2.45, 2.75) is 0 Å². The normalized spacial score (nSPS) is 10.7. The van der Waals surface area contributed by atoms with Crippen LogP contribution >= 0.6 is 0 Å². The Hall–Kier alpha value is -3.28. The predicted octanol–water partition coefficient (Wildman–Crippen LogP) is 3.70. The van der Waals surface area contributed by atoms with Crippen LogP contribution in [0.15, 0.2) is 59.4 Å². The zero-order chi connectivity index (χ0) is 18.1. The molecule has 2 aromatic carbocycles. The molecule has 3 aromatic rings. The van der Waals surface area contributed by atoms with Crippen molar-refractivity contribution in [3.05, 3.63) is 82.0 Å². The van der Waals surface area contributed by atoms with Crippen LogP contribution in [0.2, 0.25) is 0 Å². The fourth-order valence-electron chi connectivity index (χ4n) is 2.80. The number of carbonyl (C=O) groups is 1. The Bertz CT molecular complexity index is 1040. The highest BCUT2D eigenvalue weighted by atomic mass is 19.1. The van der Waals surface area contributed by atoms with E-state index in [1.165, 1.54) is 41.0 Å². The van der Waals surface area contributed by atoms with Gasteiger partial charge in [0.25, 0.3) is 0 Å². The quantitative estimate of drug-likeness (QED) is 0.790. The van der Waals surface area contributed by atoms with Gasteiger partial charge >= 0.3 is 5.97 Å². The molecule has 0 spiro atoms. The molecule has 1 N–H and O–H groups in total. The molecule has 3 rings (SSSR count). The summed E-state index contributed by atoms with van der Waals surface area (Å²) in [5.74, 6) is -2.46. The van der Waals surface area contributed by atoms with Gasteiger partial charge < -0.3 is 9.67 Å². The molecule has 0 aliphatic carbocycles. The number of carboxylic acid groups (broad SMARTS) is 1. The maximum atomic E-state index is 13.6. The zero-order valence-electron chi connectivity index (χ0n) is 13.2. The van der Waals surface area contributed by atoms with Crippen LogP contribution in [0.1, 0.15) is 10.4 Å². The maximum absolute atomic E-state index is 13.6. The van der Waals surface area contributed by atoms with Gasteiger partial charge in [-0.3, -0.25) is 4.79 Å². The van der Waals surface area contributed by atoms with Gasteiger partial charge in [-0.1, -0.05) is 24.3 Å². The van der Waals surface area contributed by atoms with Crippen molar-refractivity contribution < 1.29 is 18.7 Å². The first-order chi connectivity index (χ1) is 11.9. The lowest BCUT2D eigenvalue weighted by atomic mass is 10.0. The van der Waals surface area contributed by atoms with E-state index in [9.17, 15) is 23.5 Å². The second-order valence-electron chi connectivity index (χ2n) is 5.50. The topological polar surface area (TPSA) is 59.3 Å². The van der Waals surface area contributed by atoms with Crippen LogP contribution in [0.5, 0.6) is 0 Å². The number of halogens is 2. The highest BCUT2D eigenvalue weighted by molar-refractivity contribution is 5.95. The van der Waals surface area contributed by atoms with Crippen LogP contribution in [-0.4, -0.2) is 15.6 Å². The molecular formula is C19H13F2NO3. The second-order valence-corrected chi connectivity index (χ2v) is 5.50. The van der Waals surface area contributed by atoms with E-state index in [0.717, 1.165) is 12.1 Å². The first-order valence-corrected chi connectivity index (χ1v) is 7.37. The molecule has 1 heterocycles. The third-order valence-corrected chi connectivity index (χ3v) is 3.88. The van der Waals surface area contributed by atoms with Crippen molar-refractivity contribution in [3.63, 3.8) is 0 Å². The molecule has 0 fully saturated rings. The minimum atomic E-state index is -1.41. The smallest absolute Gasteiger partial charge is 0.341 e.